The van der Waals surface area contributed by atoms with E-state index in [1.165, 1.54) is 5.56 Å². The Labute approximate surface area is 204 Å². The van der Waals surface area contributed by atoms with Crippen LogP contribution >= 0.6 is 11.6 Å². The Bertz CT molecular complexity index is 1270. The summed E-state index contributed by atoms with van der Waals surface area (Å²) < 4.78 is 6.08. The summed E-state index contributed by atoms with van der Waals surface area (Å²) in [5, 5.41) is 0.710. The minimum Gasteiger partial charge on any atom is -0.445 e. The maximum absolute atomic E-state index is 13.3. The van der Waals surface area contributed by atoms with E-state index in [-0.39, 0.29) is 11.8 Å². The molecular formula is C28H26ClN3O2. The van der Waals surface area contributed by atoms with Crippen LogP contribution in [0, 0.1) is 0 Å². The Morgan fingerprint density at radius 2 is 1.85 bits per heavy atom. The molecule has 0 bridgehead atoms. The van der Waals surface area contributed by atoms with E-state index >= 15 is 0 Å². The van der Waals surface area contributed by atoms with E-state index in [0.29, 0.717) is 35.9 Å². The van der Waals surface area contributed by atoms with Gasteiger partial charge >= 0.3 is 0 Å². The van der Waals surface area contributed by atoms with E-state index in [1.54, 1.807) is 18.5 Å². The summed E-state index contributed by atoms with van der Waals surface area (Å²) in [4.78, 5) is 24.2. The van der Waals surface area contributed by atoms with Gasteiger partial charge in [-0.15, -0.1) is 0 Å². The molecule has 0 spiro atoms. The van der Waals surface area contributed by atoms with Gasteiger partial charge in [0.2, 0.25) is 0 Å². The van der Waals surface area contributed by atoms with Crippen LogP contribution in [0.3, 0.4) is 0 Å². The Morgan fingerprint density at radius 3 is 2.71 bits per heavy atom. The minimum absolute atomic E-state index is 0.0344. The van der Waals surface area contributed by atoms with Gasteiger partial charge in [-0.1, -0.05) is 54.1 Å². The number of nitrogens with zero attached hydrogens (tertiary/aromatic N) is 3. The van der Waals surface area contributed by atoms with Gasteiger partial charge < -0.3 is 9.32 Å². The van der Waals surface area contributed by atoms with E-state index in [4.69, 9.17) is 16.0 Å². The number of oxazole rings is 1. The number of rotatable bonds is 6. The van der Waals surface area contributed by atoms with Gasteiger partial charge in [0.15, 0.2) is 5.89 Å². The second-order valence-corrected chi connectivity index (χ2v) is 9.20. The maximum atomic E-state index is 13.3. The van der Waals surface area contributed by atoms with Crippen molar-refractivity contribution in [2.45, 2.75) is 31.6 Å². The number of halogens is 1. The average molecular weight is 472 g/mol. The molecule has 4 aromatic rings. The van der Waals surface area contributed by atoms with Gasteiger partial charge in [-0.05, 0) is 48.2 Å². The smallest absolute Gasteiger partial charge is 0.253 e. The lowest BCUT2D eigenvalue weighted by atomic mass is 9.97. The van der Waals surface area contributed by atoms with Crippen molar-refractivity contribution in [1.29, 1.82) is 0 Å². The van der Waals surface area contributed by atoms with Crippen molar-refractivity contribution in [3.8, 4) is 0 Å². The zero-order valence-electron chi connectivity index (χ0n) is 18.9. The first-order valence-corrected chi connectivity index (χ1v) is 12.0. The molecule has 1 unspecified atom stereocenters. The SMILES string of the molecule is O=C(c1ccnc(Cc2ccccc2)c1)N1CCCC(c2ncc(Cc3cccc(Cl)c3)o2)C1. The number of carbonyl (C=O) groups is 1. The van der Waals surface area contributed by atoms with Gasteiger partial charge in [-0.3, -0.25) is 9.78 Å². The fourth-order valence-electron chi connectivity index (χ4n) is 4.50. The minimum atomic E-state index is 0.0344. The standard InChI is InChI=1S/C28H26ClN3O2/c29-24-10-4-8-21(14-24)16-26-18-31-27(34-26)23-9-5-13-32(19-23)28(33)22-11-12-30-25(17-22)15-20-6-2-1-3-7-20/h1-4,6-8,10-12,14,17-18,23H,5,9,13,15-16,19H2. The summed E-state index contributed by atoms with van der Waals surface area (Å²) in [7, 11) is 0. The van der Waals surface area contributed by atoms with Crippen molar-refractivity contribution >= 4 is 17.5 Å². The highest BCUT2D eigenvalue weighted by atomic mass is 35.5. The molecule has 1 saturated heterocycles. The zero-order chi connectivity index (χ0) is 23.3. The van der Waals surface area contributed by atoms with Crippen LogP contribution < -0.4 is 0 Å². The zero-order valence-corrected chi connectivity index (χ0v) is 19.6. The number of amides is 1. The van der Waals surface area contributed by atoms with Gasteiger partial charge in [0, 0.05) is 48.4 Å². The van der Waals surface area contributed by atoms with Gasteiger partial charge in [-0.2, -0.15) is 0 Å². The van der Waals surface area contributed by atoms with Crippen molar-refractivity contribution in [2.75, 3.05) is 13.1 Å². The number of hydrogen-bond acceptors (Lipinski definition) is 4. The number of hydrogen-bond donors (Lipinski definition) is 0. The van der Waals surface area contributed by atoms with E-state index in [0.717, 1.165) is 36.4 Å². The molecule has 34 heavy (non-hydrogen) atoms. The first kappa shape index (κ1) is 22.4. The van der Waals surface area contributed by atoms with Crippen LogP contribution in [0.2, 0.25) is 5.02 Å². The maximum Gasteiger partial charge on any atom is 0.253 e. The van der Waals surface area contributed by atoms with Crippen LogP contribution in [0.1, 0.15) is 57.6 Å². The van der Waals surface area contributed by atoms with Crippen LogP contribution in [-0.2, 0) is 12.8 Å². The summed E-state index contributed by atoms with van der Waals surface area (Å²) >= 11 is 6.10. The summed E-state index contributed by atoms with van der Waals surface area (Å²) in [5.74, 6) is 1.64. The number of pyridine rings is 1. The molecule has 3 heterocycles. The Hall–Kier alpha value is -3.44. The summed E-state index contributed by atoms with van der Waals surface area (Å²) in [5.41, 5.74) is 3.83. The fraction of sp³-hybridized carbons (Fsp3) is 0.250. The van der Waals surface area contributed by atoms with E-state index in [2.05, 4.69) is 22.1 Å². The monoisotopic (exact) mass is 471 g/mol. The molecule has 0 radical (unpaired) electrons. The van der Waals surface area contributed by atoms with Gasteiger partial charge in [0.05, 0.1) is 12.1 Å². The molecule has 0 saturated carbocycles. The van der Waals surface area contributed by atoms with Crippen LogP contribution in [-0.4, -0.2) is 33.9 Å². The Balaban J connectivity index is 1.25. The van der Waals surface area contributed by atoms with Gasteiger partial charge in [-0.25, -0.2) is 4.98 Å². The van der Waals surface area contributed by atoms with E-state index in [1.807, 2.05) is 53.4 Å². The predicted octanol–water partition coefficient (Wildman–Crippen LogP) is 5.92. The highest BCUT2D eigenvalue weighted by molar-refractivity contribution is 6.30. The largest absolute Gasteiger partial charge is 0.445 e. The van der Waals surface area contributed by atoms with Crippen LogP contribution in [0.25, 0.3) is 0 Å². The molecule has 1 aliphatic heterocycles. The quantitative estimate of drug-likeness (QED) is 0.350. The third-order valence-corrected chi connectivity index (χ3v) is 6.42. The Kier molecular flexibility index (Phi) is 6.72. The molecule has 5 nitrogen and oxygen atoms in total. The van der Waals surface area contributed by atoms with Crippen molar-refractivity contribution in [3.63, 3.8) is 0 Å². The molecular weight excluding hydrogens is 446 g/mol. The fourth-order valence-corrected chi connectivity index (χ4v) is 4.71. The first-order valence-electron chi connectivity index (χ1n) is 11.6. The normalized spacial score (nSPS) is 15.9. The summed E-state index contributed by atoms with van der Waals surface area (Å²) in [6, 6.07) is 21.6. The molecule has 6 heteroatoms. The molecule has 2 aromatic carbocycles. The number of benzene rings is 2. The van der Waals surface area contributed by atoms with Crippen molar-refractivity contribution in [3.05, 3.63) is 118 Å². The highest BCUT2D eigenvalue weighted by Gasteiger charge is 2.28. The van der Waals surface area contributed by atoms with Crippen LogP contribution in [0.4, 0.5) is 0 Å². The summed E-state index contributed by atoms with van der Waals surface area (Å²) in [6.07, 6.45) is 6.74. The third kappa shape index (κ3) is 5.37. The number of aromatic nitrogens is 2. The molecule has 1 fully saturated rings. The average Bonchev–Trinajstić information content (AvgIpc) is 3.33. The Morgan fingerprint density at radius 1 is 1.00 bits per heavy atom. The van der Waals surface area contributed by atoms with Crippen molar-refractivity contribution in [1.82, 2.24) is 14.9 Å². The second-order valence-electron chi connectivity index (χ2n) is 8.76. The van der Waals surface area contributed by atoms with E-state index in [9.17, 15) is 4.79 Å². The second kappa shape index (κ2) is 10.2. The number of carbonyl (C=O) groups excluding carboxylic acids is 1. The van der Waals surface area contributed by atoms with Crippen molar-refractivity contribution < 1.29 is 9.21 Å². The molecule has 5 rings (SSSR count). The lowest BCUT2D eigenvalue weighted by Gasteiger charge is -2.31. The lowest BCUT2D eigenvalue weighted by Crippen LogP contribution is -2.39. The number of likely N-dealkylation sites (tertiary alicyclic amines) is 1. The third-order valence-electron chi connectivity index (χ3n) is 6.19. The molecule has 1 amide bonds. The molecule has 1 aliphatic rings. The molecule has 0 aliphatic carbocycles. The highest BCUT2D eigenvalue weighted by Crippen LogP contribution is 2.28. The number of piperidine rings is 1. The first-order chi connectivity index (χ1) is 16.6. The predicted molar refractivity (Wildman–Crippen MR) is 132 cm³/mol. The molecule has 2 aromatic heterocycles. The molecule has 1 atom stereocenters. The van der Waals surface area contributed by atoms with Crippen LogP contribution in [0.15, 0.2) is 83.5 Å². The molecule has 0 N–H and O–H groups in total. The van der Waals surface area contributed by atoms with Gasteiger partial charge in [0.1, 0.15) is 5.76 Å². The van der Waals surface area contributed by atoms with Crippen molar-refractivity contribution in [2.24, 2.45) is 0 Å². The molecule has 172 valence electrons. The lowest BCUT2D eigenvalue weighted by molar-refractivity contribution is 0.0697. The van der Waals surface area contributed by atoms with Gasteiger partial charge in [0.25, 0.3) is 5.91 Å². The van der Waals surface area contributed by atoms with E-state index < -0.39 is 0 Å². The topological polar surface area (TPSA) is 59.2 Å². The van der Waals surface area contributed by atoms with Crippen LogP contribution in [0.5, 0.6) is 0 Å². The summed E-state index contributed by atoms with van der Waals surface area (Å²) in [6.45, 7) is 1.34.